The number of hydrogen-bond acceptors (Lipinski definition) is 4. The number of carbonyl (C=O) groups excluding carboxylic acids is 1. The summed E-state index contributed by atoms with van der Waals surface area (Å²) in [4.78, 5) is 28.7. The molecule has 0 aliphatic carbocycles. The number of hydrogen-bond donors (Lipinski definition) is 0. The minimum absolute atomic E-state index is 0.0196. The Morgan fingerprint density at radius 1 is 1.00 bits per heavy atom. The Kier molecular flexibility index (Phi) is 4.89. The molecule has 0 saturated carbocycles. The van der Waals surface area contributed by atoms with Gasteiger partial charge in [0.15, 0.2) is 5.82 Å². The van der Waals surface area contributed by atoms with Crippen LogP contribution in [0.25, 0.3) is 22.3 Å². The lowest BCUT2D eigenvalue weighted by Crippen LogP contribution is -2.31. The van der Waals surface area contributed by atoms with Crippen molar-refractivity contribution in [3.8, 4) is 11.4 Å². The maximum Gasteiger partial charge on any atom is 0.254 e. The van der Waals surface area contributed by atoms with Crippen molar-refractivity contribution in [1.82, 2.24) is 19.9 Å². The second kappa shape index (κ2) is 7.84. The molecule has 2 aromatic heterocycles. The summed E-state index contributed by atoms with van der Waals surface area (Å²) < 4.78 is 0. The Hall–Kier alpha value is -3.31. The molecule has 1 amide bonds. The van der Waals surface area contributed by atoms with Gasteiger partial charge in [-0.2, -0.15) is 0 Å². The normalized spacial score (nSPS) is 16.2. The SMILES string of the molecule is O=C(c1ccc2ncccc2c1)N1CCCC1c1ccnc(-c2cccc(Cl)c2)n1. The molecule has 0 radical (unpaired) electrons. The quantitative estimate of drug-likeness (QED) is 0.455. The van der Waals surface area contributed by atoms with Crippen molar-refractivity contribution < 1.29 is 4.79 Å². The van der Waals surface area contributed by atoms with Crippen molar-refractivity contribution in [3.63, 3.8) is 0 Å². The number of carbonyl (C=O) groups is 1. The van der Waals surface area contributed by atoms with E-state index in [0.29, 0.717) is 23.0 Å². The lowest BCUT2D eigenvalue weighted by molar-refractivity contribution is 0.0733. The van der Waals surface area contributed by atoms with Gasteiger partial charge in [-0.15, -0.1) is 0 Å². The summed E-state index contributed by atoms with van der Waals surface area (Å²) in [6.45, 7) is 0.713. The van der Waals surface area contributed by atoms with Crippen molar-refractivity contribution >= 4 is 28.4 Å². The van der Waals surface area contributed by atoms with Gasteiger partial charge < -0.3 is 4.90 Å². The fourth-order valence-corrected chi connectivity index (χ4v) is 4.21. The number of amides is 1. The first kappa shape index (κ1) is 18.7. The maximum atomic E-state index is 13.3. The molecule has 0 spiro atoms. The Bertz CT molecular complexity index is 1240. The molecule has 1 atom stereocenters. The van der Waals surface area contributed by atoms with E-state index in [4.69, 9.17) is 16.6 Å². The van der Waals surface area contributed by atoms with Gasteiger partial charge >= 0.3 is 0 Å². The highest BCUT2D eigenvalue weighted by atomic mass is 35.5. The molecule has 30 heavy (non-hydrogen) atoms. The van der Waals surface area contributed by atoms with Gasteiger partial charge in [0.2, 0.25) is 0 Å². The van der Waals surface area contributed by atoms with Crippen molar-refractivity contribution in [2.45, 2.75) is 18.9 Å². The summed E-state index contributed by atoms with van der Waals surface area (Å²) in [7, 11) is 0. The molecule has 1 aliphatic rings. The maximum absolute atomic E-state index is 13.3. The van der Waals surface area contributed by atoms with Crippen LogP contribution in [0.3, 0.4) is 0 Å². The fraction of sp³-hybridized carbons (Fsp3) is 0.167. The Morgan fingerprint density at radius 2 is 1.93 bits per heavy atom. The largest absolute Gasteiger partial charge is 0.330 e. The lowest BCUT2D eigenvalue weighted by Gasteiger charge is -2.24. The van der Waals surface area contributed by atoms with Crippen LogP contribution < -0.4 is 0 Å². The minimum atomic E-state index is -0.0666. The standard InChI is InChI=1S/C24H19ClN4O/c25-19-6-1-4-17(15-19)23-27-12-10-21(28-23)22-7-3-13-29(22)24(30)18-8-9-20-16(14-18)5-2-11-26-20/h1-2,4-6,8-12,14-15,22H,3,7,13H2. The van der Waals surface area contributed by atoms with Crippen molar-refractivity contribution in [1.29, 1.82) is 0 Å². The van der Waals surface area contributed by atoms with Crippen LogP contribution in [0.1, 0.15) is 34.9 Å². The molecule has 1 aliphatic heterocycles. The van der Waals surface area contributed by atoms with E-state index in [1.165, 1.54) is 0 Å². The van der Waals surface area contributed by atoms with Gasteiger partial charge in [0.1, 0.15) is 0 Å². The van der Waals surface area contributed by atoms with Gasteiger partial charge in [-0.05, 0) is 55.3 Å². The van der Waals surface area contributed by atoms with Crippen LogP contribution in [0.4, 0.5) is 0 Å². The van der Waals surface area contributed by atoms with Crippen LogP contribution in [0, 0.1) is 0 Å². The van der Waals surface area contributed by atoms with Gasteiger partial charge in [-0.1, -0.05) is 29.8 Å². The highest BCUT2D eigenvalue weighted by Crippen LogP contribution is 2.33. The average molecular weight is 415 g/mol. The van der Waals surface area contributed by atoms with Gasteiger partial charge in [-0.3, -0.25) is 9.78 Å². The first-order valence-corrected chi connectivity index (χ1v) is 10.3. The Morgan fingerprint density at radius 3 is 2.83 bits per heavy atom. The monoisotopic (exact) mass is 414 g/mol. The van der Waals surface area contributed by atoms with E-state index in [-0.39, 0.29) is 11.9 Å². The predicted molar refractivity (Wildman–Crippen MR) is 117 cm³/mol. The highest BCUT2D eigenvalue weighted by molar-refractivity contribution is 6.30. The van der Waals surface area contributed by atoms with E-state index >= 15 is 0 Å². The fourth-order valence-electron chi connectivity index (χ4n) is 4.02. The molecule has 1 fully saturated rings. The number of aromatic nitrogens is 3. The average Bonchev–Trinajstić information content (AvgIpc) is 3.28. The molecule has 3 heterocycles. The number of rotatable bonds is 3. The molecule has 1 unspecified atom stereocenters. The summed E-state index contributed by atoms with van der Waals surface area (Å²) in [6, 6.07) is 18.8. The zero-order valence-electron chi connectivity index (χ0n) is 16.2. The molecular formula is C24H19ClN4O. The van der Waals surface area contributed by atoms with Gasteiger partial charge in [0.25, 0.3) is 5.91 Å². The molecule has 4 aromatic rings. The first-order chi connectivity index (χ1) is 14.7. The molecule has 2 aromatic carbocycles. The molecule has 1 saturated heterocycles. The van der Waals surface area contributed by atoms with Crippen LogP contribution in [-0.2, 0) is 0 Å². The summed E-state index contributed by atoms with van der Waals surface area (Å²) >= 11 is 6.12. The van der Waals surface area contributed by atoms with E-state index in [9.17, 15) is 4.79 Å². The molecule has 5 rings (SSSR count). The van der Waals surface area contributed by atoms with Crippen LogP contribution in [-0.4, -0.2) is 32.3 Å². The molecule has 148 valence electrons. The zero-order chi connectivity index (χ0) is 20.5. The third kappa shape index (κ3) is 3.53. The number of halogens is 1. The molecule has 0 bridgehead atoms. The van der Waals surface area contributed by atoms with E-state index < -0.39 is 0 Å². The van der Waals surface area contributed by atoms with E-state index in [1.54, 1.807) is 12.4 Å². The molecule has 0 N–H and O–H groups in total. The number of nitrogens with zero attached hydrogens (tertiary/aromatic N) is 4. The smallest absolute Gasteiger partial charge is 0.254 e. The summed E-state index contributed by atoms with van der Waals surface area (Å²) in [5.41, 5.74) is 3.27. The second-order valence-corrected chi connectivity index (χ2v) is 7.82. The molecular weight excluding hydrogens is 396 g/mol. The van der Waals surface area contributed by atoms with Crippen molar-refractivity contribution in [2.24, 2.45) is 0 Å². The van der Waals surface area contributed by atoms with Crippen LogP contribution in [0.5, 0.6) is 0 Å². The van der Waals surface area contributed by atoms with Crippen molar-refractivity contribution in [3.05, 3.63) is 89.3 Å². The van der Waals surface area contributed by atoms with Crippen LogP contribution >= 0.6 is 11.6 Å². The van der Waals surface area contributed by atoms with Gasteiger partial charge in [-0.25, -0.2) is 9.97 Å². The first-order valence-electron chi connectivity index (χ1n) is 9.94. The Labute approximate surface area is 179 Å². The van der Waals surface area contributed by atoms with E-state index in [0.717, 1.165) is 35.0 Å². The van der Waals surface area contributed by atoms with Crippen molar-refractivity contribution in [2.75, 3.05) is 6.54 Å². The number of pyridine rings is 1. The third-order valence-corrected chi connectivity index (χ3v) is 5.70. The van der Waals surface area contributed by atoms with Gasteiger partial charge in [0.05, 0.1) is 17.3 Å². The summed E-state index contributed by atoms with van der Waals surface area (Å²) in [5, 5.41) is 1.61. The van der Waals surface area contributed by atoms with Crippen LogP contribution in [0.2, 0.25) is 5.02 Å². The minimum Gasteiger partial charge on any atom is -0.330 e. The molecule has 5 nitrogen and oxygen atoms in total. The van der Waals surface area contributed by atoms with E-state index in [1.807, 2.05) is 65.6 Å². The highest BCUT2D eigenvalue weighted by Gasteiger charge is 2.32. The second-order valence-electron chi connectivity index (χ2n) is 7.38. The van der Waals surface area contributed by atoms with E-state index in [2.05, 4.69) is 9.97 Å². The number of likely N-dealkylation sites (tertiary alicyclic amines) is 1. The summed E-state index contributed by atoms with van der Waals surface area (Å²) in [5.74, 6) is 0.636. The Balaban J connectivity index is 1.46. The third-order valence-electron chi connectivity index (χ3n) is 5.46. The lowest BCUT2D eigenvalue weighted by atomic mass is 10.1. The molecule has 6 heteroatoms. The van der Waals surface area contributed by atoms with Crippen LogP contribution in [0.15, 0.2) is 73.1 Å². The predicted octanol–water partition coefficient (Wildman–Crippen LogP) is 5.32. The topological polar surface area (TPSA) is 59.0 Å². The zero-order valence-corrected chi connectivity index (χ0v) is 17.0. The number of fused-ring (bicyclic) bond motifs is 1. The van der Waals surface area contributed by atoms with Gasteiger partial charge in [0, 0.05) is 40.5 Å². The summed E-state index contributed by atoms with van der Waals surface area (Å²) in [6.07, 6.45) is 5.34. The number of benzene rings is 2.